The van der Waals surface area contributed by atoms with Gasteiger partial charge in [0.15, 0.2) is 0 Å². The third kappa shape index (κ3) is 5.17. The smallest absolute Gasteiger partial charge is 0.412 e. The molecule has 1 heterocycles. The zero-order valence-electron chi connectivity index (χ0n) is 12.4. The number of rotatable bonds is 3. The van der Waals surface area contributed by atoms with E-state index in [1.54, 1.807) is 33.0 Å². The molecule has 20 heavy (non-hydrogen) atoms. The highest BCUT2D eigenvalue weighted by Gasteiger charge is 2.20. The quantitative estimate of drug-likeness (QED) is 0.679. The van der Waals surface area contributed by atoms with E-state index in [1.165, 1.54) is 13.2 Å². The summed E-state index contributed by atoms with van der Waals surface area (Å²) in [6.07, 6.45) is 4.45. The summed E-state index contributed by atoms with van der Waals surface area (Å²) >= 11 is 0. The van der Waals surface area contributed by atoms with E-state index in [4.69, 9.17) is 4.74 Å². The number of carbonyl (C=O) groups excluding carboxylic acids is 2. The highest BCUT2D eigenvalue weighted by Crippen LogP contribution is 2.10. The fourth-order valence-corrected chi connectivity index (χ4v) is 1.45. The standard InChI is InChI=1S/C14H20N2O4/c1-14(2,3)20-13(18)15-11(12(17)19-5)8-10-6-7-16(4)9-10/h6-9H,1-5H3,(H,15,18). The lowest BCUT2D eigenvalue weighted by molar-refractivity contribution is -0.136. The first-order chi connectivity index (χ1) is 9.21. The molecule has 6 heteroatoms. The summed E-state index contributed by atoms with van der Waals surface area (Å²) in [6, 6.07) is 1.81. The molecule has 1 aromatic rings. The largest absolute Gasteiger partial charge is 0.464 e. The summed E-state index contributed by atoms with van der Waals surface area (Å²) in [5.74, 6) is -0.639. The minimum Gasteiger partial charge on any atom is -0.464 e. The van der Waals surface area contributed by atoms with Gasteiger partial charge in [0.2, 0.25) is 0 Å². The number of hydrogen-bond acceptors (Lipinski definition) is 4. The third-order valence-electron chi connectivity index (χ3n) is 2.21. The maximum Gasteiger partial charge on any atom is 0.412 e. The Kier molecular flexibility index (Phi) is 4.96. The molecule has 1 N–H and O–H groups in total. The van der Waals surface area contributed by atoms with Crippen LogP contribution in [0.25, 0.3) is 6.08 Å². The normalized spacial score (nSPS) is 11.9. The molecule has 0 bridgehead atoms. The molecule has 0 saturated heterocycles. The highest BCUT2D eigenvalue weighted by molar-refractivity contribution is 5.96. The molecular formula is C14H20N2O4. The van der Waals surface area contributed by atoms with E-state index in [0.29, 0.717) is 0 Å². The van der Waals surface area contributed by atoms with Crippen molar-refractivity contribution in [1.82, 2.24) is 9.88 Å². The van der Waals surface area contributed by atoms with Crippen molar-refractivity contribution in [3.05, 3.63) is 29.7 Å². The van der Waals surface area contributed by atoms with Crippen molar-refractivity contribution in [3.8, 4) is 0 Å². The van der Waals surface area contributed by atoms with Gasteiger partial charge in [0.1, 0.15) is 11.3 Å². The molecule has 0 radical (unpaired) electrons. The fraction of sp³-hybridized carbons (Fsp3) is 0.429. The van der Waals surface area contributed by atoms with Gasteiger partial charge in [0.05, 0.1) is 7.11 Å². The lowest BCUT2D eigenvalue weighted by atomic mass is 10.2. The number of hydrogen-bond donors (Lipinski definition) is 1. The van der Waals surface area contributed by atoms with Crippen LogP contribution in [-0.2, 0) is 21.3 Å². The van der Waals surface area contributed by atoms with Crippen LogP contribution in [0, 0.1) is 0 Å². The van der Waals surface area contributed by atoms with Gasteiger partial charge in [-0.2, -0.15) is 0 Å². The number of esters is 1. The van der Waals surface area contributed by atoms with Gasteiger partial charge in [0.25, 0.3) is 0 Å². The van der Waals surface area contributed by atoms with Crippen molar-refractivity contribution < 1.29 is 19.1 Å². The van der Waals surface area contributed by atoms with Crippen molar-refractivity contribution in [2.45, 2.75) is 26.4 Å². The lowest BCUT2D eigenvalue weighted by Crippen LogP contribution is -2.34. The van der Waals surface area contributed by atoms with Gasteiger partial charge in [-0.25, -0.2) is 9.59 Å². The molecule has 6 nitrogen and oxygen atoms in total. The number of methoxy groups -OCH3 is 1. The Morgan fingerprint density at radius 3 is 2.45 bits per heavy atom. The Morgan fingerprint density at radius 1 is 1.35 bits per heavy atom. The average molecular weight is 280 g/mol. The number of nitrogens with zero attached hydrogens (tertiary/aromatic N) is 1. The third-order valence-corrected chi connectivity index (χ3v) is 2.21. The van der Waals surface area contributed by atoms with Crippen LogP contribution in [0.1, 0.15) is 26.3 Å². The van der Waals surface area contributed by atoms with Crippen molar-refractivity contribution >= 4 is 18.1 Å². The summed E-state index contributed by atoms with van der Waals surface area (Å²) in [5, 5.41) is 2.40. The van der Waals surface area contributed by atoms with Crippen LogP contribution in [0.2, 0.25) is 0 Å². The molecular weight excluding hydrogens is 260 g/mol. The van der Waals surface area contributed by atoms with Gasteiger partial charge < -0.3 is 14.0 Å². The zero-order chi connectivity index (χ0) is 15.3. The van der Waals surface area contributed by atoms with Crippen LogP contribution < -0.4 is 5.32 Å². The number of amides is 1. The number of nitrogens with one attached hydrogen (secondary N) is 1. The van der Waals surface area contributed by atoms with Gasteiger partial charge in [-0.1, -0.05) is 0 Å². The molecule has 0 aliphatic rings. The van der Waals surface area contributed by atoms with Gasteiger partial charge >= 0.3 is 12.1 Å². The average Bonchev–Trinajstić information content (AvgIpc) is 2.70. The van der Waals surface area contributed by atoms with Crippen molar-refractivity contribution in [1.29, 1.82) is 0 Å². The van der Waals surface area contributed by atoms with Gasteiger partial charge in [0, 0.05) is 19.4 Å². The Hall–Kier alpha value is -2.24. The van der Waals surface area contributed by atoms with Gasteiger partial charge in [-0.05, 0) is 38.5 Å². The predicted molar refractivity (Wildman–Crippen MR) is 74.8 cm³/mol. The molecule has 110 valence electrons. The first kappa shape index (κ1) is 15.8. The Morgan fingerprint density at radius 2 is 2.00 bits per heavy atom. The van der Waals surface area contributed by atoms with E-state index < -0.39 is 17.7 Å². The molecule has 0 spiro atoms. The Bertz CT molecular complexity index is 524. The van der Waals surface area contributed by atoms with Crippen LogP contribution in [0.3, 0.4) is 0 Å². The molecule has 0 fully saturated rings. The maximum absolute atomic E-state index is 11.7. The first-order valence-corrected chi connectivity index (χ1v) is 6.13. The summed E-state index contributed by atoms with van der Waals surface area (Å²) in [5.41, 5.74) is 0.148. The molecule has 1 aromatic heterocycles. The highest BCUT2D eigenvalue weighted by atomic mass is 16.6. The molecule has 0 saturated carbocycles. The molecule has 0 aromatic carbocycles. The topological polar surface area (TPSA) is 69.6 Å². The summed E-state index contributed by atoms with van der Waals surface area (Å²) in [7, 11) is 3.11. The van der Waals surface area contributed by atoms with Crippen LogP contribution >= 0.6 is 0 Å². The second-order valence-corrected chi connectivity index (χ2v) is 5.29. The summed E-state index contributed by atoms with van der Waals surface area (Å²) in [4.78, 5) is 23.4. The summed E-state index contributed by atoms with van der Waals surface area (Å²) < 4.78 is 11.6. The van der Waals surface area contributed by atoms with E-state index in [1.807, 2.05) is 17.8 Å². The van der Waals surface area contributed by atoms with Gasteiger partial charge in [-0.15, -0.1) is 0 Å². The molecule has 0 atom stereocenters. The van der Waals surface area contributed by atoms with Crippen LogP contribution in [0.5, 0.6) is 0 Å². The van der Waals surface area contributed by atoms with Crippen molar-refractivity contribution in [3.63, 3.8) is 0 Å². The second-order valence-electron chi connectivity index (χ2n) is 5.29. The van der Waals surface area contributed by atoms with E-state index in [2.05, 4.69) is 10.1 Å². The number of aromatic nitrogens is 1. The van der Waals surface area contributed by atoms with E-state index >= 15 is 0 Å². The minimum absolute atomic E-state index is 0.0213. The van der Waals surface area contributed by atoms with E-state index in [0.717, 1.165) is 5.56 Å². The maximum atomic E-state index is 11.7. The molecule has 0 aliphatic heterocycles. The minimum atomic E-state index is -0.704. The molecule has 1 rings (SSSR count). The van der Waals surface area contributed by atoms with E-state index in [9.17, 15) is 9.59 Å². The summed E-state index contributed by atoms with van der Waals surface area (Å²) in [6.45, 7) is 5.22. The second kappa shape index (κ2) is 6.27. The molecule has 0 unspecified atom stereocenters. The zero-order valence-corrected chi connectivity index (χ0v) is 12.4. The predicted octanol–water partition coefficient (Wildman–Crippen LogP) is 2.06. The SMILES string of the molecule is COC(=O)C(=Cc1ccn(C)c1)NC(=O)OC(C)(C)C. The van der Waals surface area contributed by atoms with Crippen molar-refractivity contribution in [2.24, 2.45) is 7.05 Å². The molecule has 0 aliphatic carbocycles. The number of carbonyl (C=O) groups is 2. The molecule has 1 amide bonds. The monoisotopic (exact) mass is 280 g/mol. The Balaban J connectivity index is 2.88. The van der Waals surface area contributed by atoms with Gasteiger partial charge in [-0.3, -0.25) is 5.32 Å². The van der Waals surface area contributed by atoms with Crippen LogP contribution in [-0.4, -0.2) is 29.3 Å². The lowest BCUT2D eigenvalue weighted by Gasteiger charge is -2.20. The number of aryl methyl sites for hydroxylation is 1. The number of alkyl carbamates (subject to hydrolysis) is 1. The van der Waals surface area contributed by atoms with Crippen molar-refractivity contribution in [2.75, 3.05) is 7.11 Å². The Labute approximate surface area is 118 Å². The number of ether oxygens (including phenoxy) is 2. The fourth-order valence-electron chi connectivity index (χ4n) is 1.45. The van der Waals surface area contributed by atoms with Crippen LogP contribution in [0.15, 0.2) is 24.2 Å². The first-order valence-electron chi connectivity index (χ1n) is 6.13. The van der Waals surface area contributed by atoms with E-state index in [-0.39, 0.29) is 5.70 Å². The van der Waals surface area contributed by atoms with Crippen LogP contribution in [0.4, 0.5) is 4.79 Å².